The van der Waals surface area contributed by atoms with E-state index in [1.807, 2.05) is 24.3 Å². The Morgan fingerprint density at radius 2 is 1.78 bits per heavy atom. The molecule has 4 nitrogen and oxygen atoms in total. The summed E-state index contributed by atoms with van der Waals surface area (Å²) in [6.07, 6.45) is 7.48. The summed E-state index contributed by atoms with van der Waals surface area (Å²) in [4.78, 5) is 27.3. The number of hydrogen-bond acceptors (Lipinski definition) is 4. The topological polar surface area (TPSA) is 57.6 Å². The molecule has 0 unspecified atom stereocenters. The minimum Gasteiger partial charge on any atom is -0.507 e. The molecule has 0 aromatic heterocycles. The van der Waals surface area contributed by atoms with Gasteiger partial charge < -0.3 is 5.11 Å². The van der Waals surface area contributed by atoms with Crippen LogP contribution < -0.4 is 0 Å². The molecule has 5 heteroatoms. The molecular formula is C22H23NO3S. The highest BCUT2D eigenvalue weighted by Gasteiger charge is 2.40. The average molecular weight is 381 g/mol. The first-order valence-electron chi connectivity index (χ1n) is 9.43. The molecule has 1 N–H and O–H groups in total. The van der Waals surface area contributed by atoms with Crippen molar-refractivity contribution >= 4 is 39.8 Å². The lowest BCUT2D eigenvalue weighted by Gasteiger charge is -2.35. The molecule has 1 aliphatic carbocycles. The summed E-state index contributed by atoms with van der Waals surface area (Å²) in [5, 5.41) is 11.5. The highest BCUT2D eigenvalue weighted by atomic mass is 32.2. The van der Waals surface area contributed by atoms with Crippen LogP contribution in [0.5, 0.6) is 5.75 Å². The van der Waals surface area contributed by atoms with Crippen molar-refractivity contribution in [2.24, 2.45) is 5.41 Å². The molecule has 2 aromatic rings. The van der Waals surface area contributed by atoms with Crippen LogP contribution in [0.15, 0.2) is 41.3 Å². The van der Waals surface area contributed by atoms with E-state index >= 15 is 0 Å². The number of carbonyl (C=O) groups excluding carboxylic acids is 2. The summed E-state index contributed by atoms with van der Waals surface area (Å²) in [5.74, 6) is 0.00929. The minimum atomic E-state index is -0.200. The molecule has 27 heavy (non-hydrogen) atoms. The Bertz CT molecular complexity index is 944. The van der Waals surface area contributed by atoms with Crippen LogP contribution in [0, 0.1) is 5.41 Å². The SMILES string of the molecule is CC1(CN2C(=O)S/C(=C\c3ccc(O)c4ccccc34)C2=O)CCCCC1. The van der Waals surface area contributed by atoms with Gasteiger partial charge in [-0.2, -0.15) is 0 Å². The first-order chi connectivity index (χ1) is 13.0. The molecule has 0 atom stereocenters. The molecule has 2 aromatic carbocycles. The Kier molecular flexibility index (Phi) is 4.72. The molecule has 0 spiro atoms. The van der Waals surface area contributed by atoms with Crippen molar-refractivity contribution in [3.63, 3.8) is 0 Å². The van der Waals surface area contributed by atoms with E-state index < -0.39 is 0 Å². The van der Waals surface area contributed by atoms with Crippen LogP contribution in [0.4, 0.5) is 4.79 Å². The largest absolute Gasteiger partial charge is 0.507 e. The maximum Gasteiger partial charge on any atom is 0.293 e. The number of thioether (sulfide) groups is 1. The molecule has 0 bridgehead atoms. The number of nitrogens with zero attached hydrogens (tertiary/aromatic N) is 1. The van der Waals surface area contributed by atoms with Crippen LogP contribution in [0.25, 0.3) is 16.8 Å². The van der Waals surface area contributed by atoms with Gasteiger partial charge in [-0.25, -0.2) is 0 Å². The second-order valence-corrected chi connectivity index (χ2v) is 8.85. The van der Waals surface area contributed by atoms with Gasteiger partial charge in [-0.15, -0.1) is 0 Å². The third-order valence-electron chi connectivity index (χ3n) is 5.70. The quantitative estimate of drug-likeness (QED) is 0.708. The zero-order valence-electron chi connectivity index (χ0n) is 15.4. The maximum absolute atomic E-state index is 12.9. The Labute approximate surface area is 163 Å². The number of hydrogen-bond donors (Lipinski definition) is 1. The average Bonchev–Trinajstić information content (AvgIpc) is 2.92. The van der Waals surface area contributed by atoms with Crippen LogP contribution in [-0.4, -0.2) is 27.7 Å². The van der Waals surface area contributed by atoms with E-state index in [4.69, 9.17) is 0 Å². The molecule has 1 saturated heterocycles. The van der Waals surface area contributed by atoms with Crippen molar-refractivity contribution in [2.45, 2.75) is 39.0 Å². The predicted octanol–water partition coefficient (Wildman–Crippen LogP) is 5.55. The minimum absolute atomic E-state index is 0.0326. The summed E-state index contributed by atoms with van der Waals surface area (Å²) in [6.45, 7) is 2.69. The maximum atomic E-state index is 12.9. The van der Waals surface area contributed by atoms with Crippen molar-refractivity contribution in [1.82, 2.24) is 4.90 Å². The van der Waals surface area contributed by atoms with E-state index in [0.29, 0.717) is 11.4 Å². The molecule has 140 valence electrons. The smallest absolute Gasteiger partial charge is 0.293 e. The molecular weight excluding hydrogens is 358 g/mol. The Morgan fingerprint density at radius 3 is 2.52 bits per heavy atom. The zero-order valence-corrected chi connectivity index (χ0v) is 16.2. The number of amides is 2. The number of carbonyl (C=O) groups is 2. The molecule has 1 saturated carbocycles. The summed E-state index contributed by atoms with van der Waals surface area (Å²) >= 11 is 1.01. The summed E-state index contributed by atoms with van der Waals surface area (Å²) in [6, 6.07) is 10.9. The molecule has 2 aliphatic rings. The molecule has 4 rings (SSSR count). The van der Waals surface area contributed by atoms with E-state index in [-0.39, 0.29) is 22.3 Å². The van der Waals surface area contributed by atoms with Gasteiger partial charge >= 0.3 is 0 Å². The van der Waals surface area contributed by atoms with Crippen LogP contribution >= 0.6 is 11.8 Å². The third kappa shape index (κ3) is 3.48. The lowest BCUT2D eigenvalue weighted by molar-refractivity contribution is -0.124. The first kappa shape index (κ1) is 18.1. The lowest BCUT2D eigenvalue weighted by atomic mass is 9.75. The Morgan fingerprint density at radius 1 is 1.07 bits per heavy atom. The Balaban J connectivity index is 1.63. The lowest BCUT2D eigenvalue weighted by Crippen LogP contribution is -2.39. The number of fused-ring (bicyclic) bond motifs is 1. The fraction of sp³-hybridized carbons (Fsp3) is 0.364. The highest BCUT2D eigenvalue weighted by Crippen LogP contribution is 2.41. The van der Waals surface area contributed by atoms with Crippen LogP contribution in [0.1, 0.15) is 44.6 Å². The molecule has 2 amide bonds. The first-order valence-corrected chi connectivity index (χ1v) is 10.2. The van der Waals surface area contributed by atoms with Gasteiger partial charge in [-0.05, 0) is 53.1 Å². The highest BCUT2D eigenvalue weighted by molar-refractivity contribution is 8.18. The second kappa shape index (κ2) is 7.04. The van der Waals surface area contributed by atoms with Gasteiger partial charge in [0.1, 0.15) is 5.75 Å². The number of rotatable bonds is 3. The number of phenolic OH excluding ortho intramolecular Hbond substituents is 1. The third-order valence-corrected chi connectivity index (χ3v) is 6.60. The van der Waals surface area contributed by atoms with Gasteiger partial charge in [0, 0.05) is 11.9 Å². The molecule has 0 radical (unpaired) electrons. The summed E-state index contributed by atoms with van der Waals surface area (Å²) in [5.41, 5.74) is 0.864. The van der Waals surface area contributed by atoms with Gasteiger partial charge in [-0.3, -0.25) is 14.5 Å². The van der Waals surface area contributed by atoms with E-state index in [1.54, 1.807) is 18.2 Å². The normalized spacial score (nSPS) is 21.4. The monoisotopic (exact) mass is 381 g/mol. The van der Waals surface area contributed by atoms with Crippen LogP contribution in [0.2, 0.25) is 0 Å². The fourth-order valence-corrected chi connectivity index (χ4v) is 4.98. The van der Waals surface area contributed by atoms with E-state index in [1.165, 1.54) is 24.2 Å². The number of imide groups is 1. The molecule has 1 heterocycles. The van der Waals surface area contributed by atoms with Crippen LogP contribution in [0.3, 0.4) is 0 Å². The zero-order chi connectivity index (χ0) is 19.0. The number of phenols is 1. The molecule has 1 aliphatic heterocycles. The van der Waals surface area contributed by atoms with Crippen molar-refractivity contribution in [2.75, 3.05) is 6.54 Å². The van der Waals surface area contributed by atoms with Gasteiger partial charge in [0.25, 0.3) is 11.1 Å². The van der Waals surface area contributed by atoms with Gasteiger partial charge in [0.15, 0.2) is 0 Å². The summed E-state index contributed by atoms with van der Waals surface area (Å²) in [7, 11) is 0. The second-order valence-electron chi connectivity index (χ2n) is 7.86. The van der Waals surface area contributed by atoms with Gasteiger partial charge in [-0.1, -0.05) is 56.5 Å². The standard InChI is InChI=1S/C22H23NO3S/c1-22(11-5-2-6-12-22)14-23-20(25)19(27-21(23)26)13-15-9-10-18(24)17-8-4-3-7-16(15)17/h3-4,7-10,13,24H,2,5-6,11-12,14H2,1H3/b19-13-. The number of benzene rings is 2. The van der Waals surface area contributed by atoms with Crippen molar-refractivity contribution < 1.29 is 14.7 Å². The van der Waals surface area contributed by atoms with Crippen molar-refractivity contribution in [3.05, 3.63) is 46.9 Å². The van der Waals surface area contributed by atoms with Crippen molar-refractivity contribution in [3.8, 4) is 5.75 Å². The summed E-state index contributed by atoms with van der Waals surface area (Å²) < 4.78 is 0. The van der Waals surface area contributed by atoms with Crippen LogP contribution in [-0.2, 0) is 4.79 Å². The number of aromatic hydroxyl groups is 1. The van der Waals surface area contributed by atoms with Gasteiger partial charge in [0.05, 0.1) is 4.91 Å². The van der Waals surface area contributed by atoms with Crippen molar-refractivity contribution in [1.29, 1.82) is 0 Å². The Hall–Kier alpha value is -2.27. The molecule has 2 fully saturated rings. The van der Waals surface area contributed by atoms with E-state index in [9.17, 15) is 14.7 Å². The van der Waals surface area contributed by atoms with E-state index in [2.05, 4.69) is 6.92 Å². The van der Waals surface area contributed by atoms with Gasteiger partial charge in [0.2, 0.25) is 0 Å². The van der Waals surface area contributed by atoms with E-state index in [0.717, 1.165) is 40.9 Å². The fourth-order valence-electron chi connectivity index (χ4n) is 4.16. The predicted molar refractivity (Wildman–Crippen MR) is 109 cm³/mol.